The smallest absolute Gasteiger partial charge is 0.358 e. The molecule has 6 aromatic carbocycles. The van der Waals surface area contributed by atoms with Crippen molar-refractivity contribution in [2.24, 2.45) is 0 Å². The predicted octanol–water partition coefficient (Wildman–Crippen LogP) is 13.0. The molecule has 0 aliphatic heterocycles. The van der Waals surface area contributed by atoms with E-state index in [1.54, 1.807) is 0 Å². The molecule has 4 heterocycles. The summed E-state index contributed by atoms with van der Waals surface area (Å²) in [4.78, 5) is 4.93. The minimum atomic E-state index is -0.219. The van der Waals surface area contributed by atoms with Crippen molar-refractivity contribution in [1.29, 1.82) is 0 Å². The molecule has 0 atom stereocenters. The van der Waals surface area contributed by atoms with Crippen molar-refractivity contribution in [2.75, 3.05) is 0 Å². The van der Waals surface area contributed by atoms with Crippen LogP contribution in [0.4, 0.5) is 0 Å². The van der Waals surface area contributed by atoms with E-state index in [9.17, 15) is 0 Å². The maximum atomic E-state index is 5.46. The molecule has 5 nitrogen and oxygen atoms in total. The van der Waals surface area contributed by atoms with Crippen LogP contribution in [0.15, 0.2) is 152 Å². The first-order chi connectivity index (χ1) is 27.6. The number of aromatic nitrogens is 5. The number of nitrogens with zero attached hydrogens (tertiary/aromatic N) is 5. The van der Waals surface area contributed by atoms with Gasteiger partial charge in [-0.25, -0.2) is 4.98 Å². The van der Waals surface area contributed by atoms with Gasteiger partial charge in [0.1, 0.15) is 5.82 Å². The van der Waals surface area contributed by atoms with Gasteiger partial charge in [-0.15, -0.1) is 35.0 Å². The molecule has 0 spiro atoms. The van der Waals surface area contributed by atoms with Crippen molar-refractivity contribution in [3.63, 3.8) is 0 Å². The van der Waals surface area contributed by atoms with Crippen LogP contribution in [0.5, 0.6) is 0 Å². The topological polar surface area (TPSA) is 40.6 Å². The Morgan fingerprint density at radius 3 is 1.66 bits per heavy atom. The molecule has 0 amide bonds. The van der Waals surface area contributed by atoms with E-state index in [-0.39, 0.29) is 31.9 Å². The van der Waals surface area contributed by atoms with E-state index in [0.717, 1.165) is 83.5 Å². The molecule has 0 N–H and O–H groups in total. The van der Waals surface area contributed by atoms with Crippen molar-refractivity contribution in [3.05, 3.63) is 175 Å². The van der Waals surface area contributed by atoms with Crippen molar-refractivity contribution >= 4 is 43.6 Å². The monoisotopic (exact) mass is 932 g/mol. The Hall–Kier alpha value is -6.03. The van der Waals surface area contributed by atoms with Gasteiger partial charge < -0.3 is 9.13 Å². The molecule has 0 saturated carbocycles. The standard InChI is InChI=1S/C52H43N5.Pt/c1-51(2,3)36-29-30-53-47(31-36)56-44-24-16-14-22-40(44)42-27-25-37(32-46(42)56)55-43-23-15-13-21-39(43)41-28-26-38(33-45(41)55)57-49(35-19-11-8-12-20-35)48(34-17-9-7-10-18-34)50(54-57)52(4,5)6;/h7-31H,1-6H3;/q-2;+2. The Labute approximate surface area is 353 Å². The van der Waals surface area contributed by atoms with E-state index in [4.69, 9.17) is 10.1 Å². The normalized spacial score (nSPS) is 12.2. The molecule has 58 heavy (non-hydrogen) atoms. The molecule has 0 unspecified atom stereocenters. The number of hydrogen-bond acceptors (Lipinski definition) is 2. The molecule has 6 heteroatoms. The summed E-state index contributed by atoms with van der Waals surface area (Å²) in [6, 6.07) is 59.5. The van der Waals surface area contributed by atoms with E-state index in [1.165, 1.54) is 10.9 Å². The second kappa shape index (κ2) is 14.1. The average molecular weight is 933 g/mol. The zero-order valence-corrected chi connectivity index (χ0v) is 35.8. The van der Waals surface area contributed by atoms with Gasteiger partial charge in [0.15, 0.2) is 0 Å². The average Bonchev–Trinajstić information content (AvgIpc) is 3.89. The number of para-hydroxylation sites is 2. The molecule has 0 aliphatic rings. The molecule has 0 fully saturated rings. The first kappa shape index (κ1) is 37.5. The molecule has 0 aliphatic carbocycles. The largest absolute Gasteiger partial charge is 2.00 e. The Balaban J connectivity index is 0.00000436. The maximum absolute atomic E-state index is 5.46. The SMILES string of the molecule is CC(C)(C)c1ccnc(-n2c3[c-]c(-n4c5[c-]c(-n6nc(C(C)(C)C)c(-c7ccccc7)c6-c6ccccc6)ccc5c5ccccc54)ccc3c3ccccc32)c1.[Pt+2]. The van der Waals surface area contributed by atoms with E-state index in [1.807, 2.05) is 6.20 Å². The first-order valence-electron chi connectivity index (χ1n) is 19.7. The molecule has 0 saturated heterocycles. The summed E-state index contributed by atoms with van der Waals surface area (Å²) in [5.41, 5.74) is 12.4. The molecular formula is C52H43N5Pt. The first-order valence-corrected chi connectivity index (χ1v) is 19.7. The summed E-state index contributed by atoms with van der Waals surface area (Å²) >= 11 is 0. The van der Waals surface area contributed by atoms with Gasteiger partial charge in [-0.05, 0) is 57.3 Å². The van der Waals surface area contributed by atoms with Crippen molar-refractivity contribution in [1.82, 2.24) is 23.9 Å². The van der Waals surface area contributed by atoms with Crippen LogP contribution in [0.2, 0.25) is 0 Å². The number of benzene rings is 6. The Morgan fingerprint density at radius 1 is 0.500 bits per heavy atom. The second-order valence-corrected chi connectivity index (χ2v) is 17.0. The van der Waals surface area contributed by atoms with Crippen LogP contribution in [0.3, 0.4) is 0 Å². The maximum Gasteiger partial charge on any atom is 2.00 e. The zero-order valence-electron chi connectivity index (χ0n) is 33.5. The van der Waals surface area contributed by atoms with E-state index >= 15 is 0 Å². The van der Waals surface area contributed by atoms with Gasteiger partial charge in [0.25, 0.3) is 0 Å². The van der Waals surface area contributed by atoms with Crippen LogP contribution in [-0.4, -0.2) is 23.9 Å². The van der Waals surface area contributed by atoms with Crippen molar-refractivity contribution in [2.45, 2.75) is 52.4 Å². The fourth-order valence-electron chi connectivity index (χ4n) is 8.37. The third-order valence-corrected chi connectivity index (χ3v) is 11.2. The summed E-state index contributed by atoms with van der Waals surface area (Å²) < 4.78 is 6.68. The zero-order chi connectivity index (χ0) is 39.1. The number of rotatable bonds is 5. The summed E-state index contributed by atoms with van der Waals surface area (Å²) in [6.07, 6.45) is 1.93. The summed E-state index contributed by atoms with van der Waals surface area (Å²) in [5, 5.41) is 10.0. The van der Waals surface area contributed by atoms with Crippen molar-refractivity contribution < 1.29 is 21.1 Å². The van der Waals surface area contributed by atoms with Gasteiger partial charge in [0.2, 0.25) is 0 Å². The molecule has 0 bridgehead atoms. The summed E-state index contributed by atoms with van der Waals surface area (Å²) in [6.45, 7) is 13.5. The summed E-state index contributed by atoms with van der Waals surface area (Å²) in [5.74, 6) is 0.883. The van der Waals surface area contributed by atoms with E-state index < -0.39 is 0 Å². The third-order valence-electron chi connectivity index (χ3n) is 11.2. The Bertz CT molecular complexity index is 3140. The van der Waals surface area contributed by atoms with Gasteiger partial charge in [-0.3, -0.25) is 4.68 Å². The van der Waals surface area contributed by atoms with Gasteiger partial charge in [0, 0.05) is 33.8 Å². The molecule has 286 valence electrons. The minimum Gasteiger partial charge on any atom is -0.358 e. The van der Waals surface area contributed by atoms with Crippen LogP contribution >= 0.6 is 0 Å². The van der Waals surface area contributed by atoms with E-state index in [0.29, 0.717) is 0 Å². The van der Waals surface area contributed by atoms with Crippen molar-refractivity contribution in [3.8, 4) is 39.6 Å². The molecule has 10 aromatic rings. The Morgan fingerprint density at radius 2 is 1.03 bits per heavy atom. The second-order valence-electron chi connectivity index (χ2n) is 17.0. The fourth-order valence-corrected chi connectivity index (χ4v) is 8.37. The molecule has 4 aromatic heterocycles. The molecular weight excluding hydrogens is 890 g/mol. The van der Waals surface area contributed by atoms with E-state index in [2.05, 4.69) is 213 Å². The molecule has 0 radical (unpaired) electrons. The third kappa shape index (κ3) is 6.12. The quantitative estimate of drug-likeness (QED) is 0.161. The minimum absolute atomic E-state index is 0. The Kier molecular flexibility index (Phi) is 9.13. The number of pyridine rings is 1. The predicted molar refractivity (Wildman–Crippen MR) is 236 cm³/mol. The van der Waals surface area contributed by atoms with Crippen LogP contribution in [0.1, 0.15) is 52.8 Å². The van der Waals surface area contributed by atoms with Crippen LogP contribution < -0.4 is 0 Å². The fraction of sp³-hybridized carbons (Fsp3) is 0.154. The van der Waals surface area contributed by atoms with Gasteiger partial charge in [0.05, 0.1) is 11.4 Å². The molecule has 10 rings (SSSR count). The van der Waals surface area contributed by atoms with Gasteiger partial charge >= 0.3 is 21.1 Å². The van der Waals surface area contributed by atoms with Gasteiger partial charge in [-0.1, -0.05) is 155 Å². The number of fused-ring (bicyclic) bond motifs is 6. The van der Waals surface area contributed by atoms with Crippen LogP contribution in [0.25, 0.3) is 83.2 Å². The number of hydrogen-bond donors (Lipinski definition) is 0. The van der Waals surface area contributed by atoms with Gasteiger partial charge in [-0.2, -0.15) is 17.2 Å². The van der Waals surface area contributed by atoms with Crippen LogP contribution in [-0.2, 0) is 31.9 Å². The summed E-state index contributed by atoms with van der Waals surface area (Å²) in [7, 11) is 0. The van der Waals surface area contributed by atoms with Crippen LogP contribution in [0, 0.1) is 12.1 Å².